The average Bonchev–Trinajstić information content (AvgIpc) is 3.06. The van der Waals surface area contributed by atoms with Crippen molar-refractivity contribution in [3.05, 3.63) is 140 Å². The van der Waals surface area contributed by atoms with Crippen LogP contribution in [0.4, 0.5) is 17.1 Å². The highest BCUT2D eigenvalue weighted by molar-refractivity contribution is 5.90. The summed E-state index contributed by atoms with van der Waals surface area (Å²) in [5.41, 5.74) is 10.7. The fourth-order valence-electron chi connectivity index (χ4n) is 4.40. The topological polar surface area (TPSA) is 71.1 Å². The Morgan fingerprint density at radius 1 is 0.744 bits per heavy atom. The second kappa shape index (κ2) is 15.9. The largest absolute Gasteiger partial charge is 0.458 e. The smallest absolute Gasteiger partial charge is 0.330 e. The first kappa shape index (κ1) is 31.0. The molecule has 7 heteroatoms. The van der Waals surface area contributed by atoms with E-state index < -0.39 is 5.97 Å². The lowest BCUT2D eigenvalue weighted by Crippen LogP contribution is -2.36. The fraction of sp³-hybridized carbons (Fsp3) is 0.167. The van der Waals surface area contributed by atoms with Crippen LogP contribution in [0.25, 0.3) is 11.1 Å². The number of rotatable bonds is 16. The van der Waals surface area contributed by atoms with Crippen molar-refractivity contribution in [1.29, 1.82) is 0 Å². The number of carbonyl (C=O) groups is 2. The molecule has 0 aromatic heterocycles. The molecule has 0 fully saturated rings. The normalized spacial score (nSPS) is 10.5. The fourth-order valence-corrected chi connectivity index (χ4v) is 4.40. The summed E-state index contributed by atoms with van der Waals surface area (Å²) in [7, 11) is 1.94. The molecule has 43 heavy (non-hydrogen) atoms. The maximum atomic E-state index is 11.4. The molecule has 220 valence electrons. The summed E-state index contributed by atoms with van der Waals surface area (Å²) >= 11 is 0. The number of hydrogen-bond donors (Lipinski definition) is 1. The maximum absolute atomic E-state index is 11.4. The summed E-state index contributed by atoms with van der Waals surface area (Å²) < 4.78 is 10.5. The van der Waals surface area contributed by atoms with Crippen molar-refractivity contribution < 1.29 is 19.1 Å². The Bertz CT molecular complexity index is 1480. The number of anilines is 3. The summed E-state index contributed by atoms with van der Waals surface area (Å²) in [6.45, 7) is 8.84. The zero-order valence-electron chi connectivity index (χ0n) is 24.4. The van der Waals surface area contributed by atoms with Gasteiger partial charge in [0, 0.05) is 37.6 Å². The lowest BCUT2D eigenvalue weighted by atomic mass is 10.0. The van der Waals surface area contributed by atoms with Crippen LogP contribution in [0.1, 0.15) is 11.1 Å². The first-order valence-corrected chi connectivity index (χ1v) is 14.1. The van der Waals surface area contributed by atoms with Gasteiger partial charge in [-0.2, -0.15) is 0 Å². The molecule has 0 spiro atoms. The molecule has 0 saturated heterocycles. The van der Waals surface area contributed by atoms with Crippen LogP contribution in [0.3, 0.4) is 0 Å². The van der Waals surface area contributed by atoms with E-state index in [9.17, 15) is 9.59 Å². The van der Waals surface area contributed by atoms with Gasteiger partial charge in [-0.25, -0.2) is 10.2 Å². The van der Waals surface area contributed by atoms with E-state index in [0.29, 0.717) is 19.7 Å². The summed E-state index contributed by atoms with van der Waals surface area (Å²) in [5.74, 6) is -0.561. The first-order valence-electron chi connectivity index (χ1n) is 14.1. The van der Waals surface area contributed by atoms with E-state index in [0.717, 1.165) is 33.8 Å². The van der Waals surface area contributed by atoms with Crippen LogP contribution in [0.15, 0.2) is 128 Å². The Morgan fingerprint density at radius 3 is 1.91 bits per heavy atom. The van der Waals surface area contributed by atoms with Gasteiger partial charge in [-0.15, -0.1) is 0 Å². The Hall–Kier alpha value is -4.98. The second-order valence-electron chi connectivity index (χ2n) is 9.83. The predicted octanol–water partition coefficient (Wildman–Crippen LogP) is 6.63. The first-order chi connectivity index (χ1) is 21.0. The predicted molar refractivity (Wildman–Crippen MR) is 173 cm³/mol. The van der Waals surface area contributed by atoms with Crippen molar-refractivity contribution >= 4 is 28.8 Å². The van der Waals surface area contributed by atoms with Gasteiger partial charge < -0.3 is 19.4 Å². The minimum atomic E-state index is -0.437. The molecule has 0 heterocycles. The summed E-state index contributed by atoms with van der Waals surface area (Å²) in [5, 5.41) is 1.93. The third kappa shape index (κ3) is 9.26. The Morgan fingerprint density at radius 2 is 1.33 bits per heavy atom. The van der Waals surface area contributed by atoms with Gasteiger partial charge in [-0.05, 0) is 64.7 Å². The van der Waals surface area contributed by atoms with Crippen LogP contribution < -0.4 is 15.3 Å². The molecular weight excluding hydrogens is 538 g/mol. The number of ketones is 1. The molecule has 0 saturated carbocycles. The molecule has 0 aliphatic carbocycles. The third-order valence-electron chi connectivity index (χ3n) is 6.81. The van der Waals surface area contributed by atoms with E-state index in [1.807, 2.05) is 54.5 Å². The highest BCUT2D eigenvalue weighted by Crippen LogP contribution is 2.31. The summed E-state index contributed by atoms with van der Waals surface area (Å²) in [6.07, 6.45) is 2.43. The van der Waals surface area contributed by atoms with Crippen LogP contribution in [-0.2, 0) is 32.2 Å². The molecule has 0 unspecified atom stereocenters. The second-order valence-corrected chi connectivity index (χ2v) is 9.83. The van der Waals surface area contributed by atoms with Gasteiger partial charge in [-0.1, -0.05) is 79.9 Å². The number of carbonyl (C=O) groups excluding carboxylic acids is 2. The van der Waals surface area contributed by atoms with Gasteiger partial charge in [0.1, 0.15) is 13.2 Å². The molecular formula is C36H37N3O4. The molecule has 0 aliphatic rings. The third-order valence-corrected chi connectivity index (χ3v) is 6.81. The highest BCUT2D eigenvalue weighted by Gasteiger charge is 2.12. The van der Waals surface area contributed by atoms with E-state index in [1.54, 1.807) is 0 Å². The van der Waals surface area contributed by atoms with Crippen LogP contribution in [0, 0.1) is 0 Å². The minimum Gasteiger partial charge on any atom is -0.458 e. The molecule has 4 rings (SSSR count). The zero-order valence-corrected chi connectivity index (χ0v) is 24.4. The summed E-state index contributed by atoms with van der Waals surface area (Å²) in [4.78, 5) is 24.9. The van der Waals surface area contributed by atoms with Crippen LogP contribution >= 0.6 is 0 Å². The average molecular weight is 576 g/mol. The molecule has 0 bridgehead atoms. The standard InChI is InChI=1S/C36H37N3O4/c1-4-35(40)27-42-24-23-37-38(3)32-19-13-30(14-20-32)31-15-21-34(22-16-31)39(25-28-9-7-6-8-10-28)33-17-11-29(12-18-33)26-43-36(41)5-2/h4-22,37H,1-2,23-27H2,3H3. The van der Waals surface area contributed by atoms with E-state index >= 15 is 0 Å². The van der Waals surface area contributed by atoms with Crippen molar-refractivity contribution in [2.75, 3.05) is 36.7 Å². The van der Waals surface area contributed by atoms with Crippen molar-refractivity contribution in [2.24, 2.45) is 0 Å². The number of ether oxygens (including phenoxy) is 2. The SMILES string of the molecule is C=CC(=O)COCCNN(C)c1ccc(-c2ccc(N(Cc3ccccc3)c3ccc(COC(=O)C=C)cc3)cc2)cc1. The van der Waals surface area contributed by atoms with E-state index in [2.05, 4.69) is 84.1 Å². The van der Waals surface area contributed by atoms with Crippen LogP contribution in [0.5, 0.6) is 0 Å². The summed E-state index contributed by atoms with van der Waals surface area (Å²) in [6, 6.07) is 35.3. The Labute approximate surface area is 253 Å². The van der Waals surface area contributed by atoms with Gasteiger partial charge in [0.2, 0.25) is 0 Å². The monoisotopic (exact) mass is 575 g/mol. The van der Waals surface area contributed by atoms with Crippen LogP contribution in [0.2, 0.25) is 0 Å². The van der Waals surface area contributed by atoms with E-state index in [-0.39, 0.29) is 19.0 Å². The van der Waals surface area contributed by atoms with E-state index in [4.69, 9.17) is 9.47 Å². The highest BCUT2D eigenvalue weighted by atomic mass is 16.5. The van der Waals surface area contributed by atoms with Crippen molar-refractivity contribution in [3.63, 3.8) is 0 Å². The number of hydrazine groups is 1. The number of hydrogen-bond acceptors (Lipinski definition) is 7. The van der Waals surface area contributed by atoms with Gasteiger partial charge in [0.15, 0.2) is 5.78 Å². The van der Waals surface area contributed by atoms with Gasteiger partial charge in [0.25, 0.3) is 0 Å². The maximum Gasteiger partial charge on any atom is 0.330 e. The molecule has 4 aromatic carbocycles. The van der Waals surface area contributed by atoms with Crippen molar-refractivity contribution in [3.8, 4) is 11.1 Å². The van der Waals surface area contributed by atoms with Crippen LogP contribution in [-0.4, -0.2) is 38.6 Å². The van der Waals surface area contributed by atoms with E-state index in [1.165, 1.54) is 17.7 Å². The Balaban J connectivity index is 1.43. The molecule has 0 aliphatic heterocycles. The zero-order chi connectivity index (χ0) is 30.4. The Kier molecular flexibility index (Phi) is 11.4. The lowest BCUT2D eigenvalue weighted by molar-refractivity contribution is -0.139. The molecule has 1 N–H and O–H groups in total. The number of benzene rings is 4. The molecule has 0 radical (unpaired) electrons. The molecule has 7 nitrogen and oxygen atoms in total. The van der Waals surface area contributed by atoms with Crippen molar-refractivity contribution in [2.45, 2.75) is 13.2 Å². The lowest BCUT2D eigenvalue weighted by Gasteiger charge is -2.26. The van der Waals surface area contributed by atoms with Gasteiger partial charge in [0.05, 0.1) is 12.3 Å². The minimum absolute atomic E-state index is 0.0493. The van der Waals surface area contributed by atoms with Gasteiger partial charge >= 0.3 is 5.97 Å². The number of nitrogens with zero attached hydrogens (tertiary/aromatic N) is 2. The number of esters is 1. The van der Waals surface area contributed by atoms with Crippen molar-refractivity contribution in [1.82, 2.24) is 5.43 Å². The molecule has 0 amide bonds. The molecule has 4 aromatic rings. The van der Waals surface area contributed by atoms with Gasteiger partial charge in [-0.3, -0.25) is 4.79 Å². The molecule has 0 atom stereocenters. The number of nitrogens with one attached hydrogen (secondary N) is 1. The quantitative estimate of drug-likeness (QED) is 0.0696.